The number of carbonyl (C=O) groups excluding carboxylic acids is 1. The van der Waals surface area contributed by atoms with Gasteiger partial charge in [0.05, 0.1) is 18.4 Å². The van der Waals surface area contributed by atoms with Crippen molar-refractivity contribution in [3.05, 3.63) is 77.3 Å². The molecule has 0 aliphatic rings. The first-order valence-electron chi connectivity index (χ1n) is 7.51. The lowest BCUT2D eigenvalue weighted by atomic mass is 10.2. The molecule has 3 rings (SSSR count). The van der Waals surface area contributed by atoms with Crippen LogP contribution in [0.4, 0.5) is 0 Å². The molecule has 0 bridgehead atoms. The highest BCUT2D eigenvalue weighted by Gasteiger charge is 2.16. The van der Waals surface area contributed by atoms with Crippen molar-refractivity contribution in [3.8, 4) is 0 Å². The maximum atomic E-state index is 12.4. The molecule has 3 heterocycles. The second kappa shape index (κ2) is 6.52. The number of hydrogen-bond acceptors (Lipinski definition) is 3. The van der Waals surface area contributed by atoms with Crippen LogP contribution in [-0.2, 0) is 13.1 Å². The highest BCUT2D eigenvalue weighted by molar-refractivity contribution is 5.95. The van der Waals surface area contributed by atoms with E-state index < -0.39 is 0 Å². The molecule has 1 amide bonds. The van der Waals surface area contributed by atoms with Crippen molar-refractivity contribution in [2.45, 2.75) is 26.9 Å². The Hall–Kier alpha value is -2.82. The Morgan fingerprint density at radius 3 is 2.87 bits per heavy atom. The number of rotatable bonds is 5. The van der Waals surface area contributed by atoms with Crippen LogP contribution in [0.2, 0.25) is 0 Å². The van der Waals surface area contributed by atoms with Crippen LogP contribution in [0.5, 0.6) is 0 Å². The zero-order valence-corrected chi connectivity index (χ0v) is 13.2. The van der Waals surface area contributed by atoms with Crippen LogP contribution >= 0.6 is 0 Å². The molecule has 0 aromatic carbocycles. The summed E-state index contributed by atoms with van der Waals surface area (Å²) in [7, 11) is 0. The van der Waals surface area contributed by atoms with E-state index in [1.165, 1.54) is 0 Å². The van der Waals surface area contributed by atoms with Gasteiger partial charge in [-0.05, 0) is 43.7 Å². The van der Waals surface area contributed by atoms with Crippen molar-refractivity contribution >= 4 is 5.91 Å². The molecule has 0 saturated heterocycles. The van der Waals surface area contributed by atoms with Gasteiger partial charge >= 0.3 is 0 Å². The fourth-order valence-electron chi connectivity index (χ4n) is 2.61. The highest BCUT2D eigenvalue weighted by atomic mass is 16.3. The van der Waals surface area contributed by atoms with Gasteiger partial charge in [0.15, 0.2) is 0 Å². The average Bonchev–Trinajstić information content (AvgIpc) is 3.17. The summed E-state index contributed by atoms with van der Waals surface area (Å²) in [4.78, 5) is 16.5. The summed E-state index contributed by atoms with van der Waals surface area (Å²) in [5.41, 5.74) is 3.64. The molecule has 0 saturated carbocycles. The van der Waals surface area contributed by atoms with Crippen molar-refractivity contribution in [1.29, 1.82) is 0 Å². The van der Waals surface area contributed by atoms with Gasteiger partial charge in [-0.2, -0.15) is 0 Å². The second-order valence-corrected chi connectivity index (χ2v) is 5.49. The Balaban J connectivity index is 1.73. The smallest absolute Gasteiger partial charge is 0.253 e. The minimum absolute atomic E-state index is 0.0763. The van der Waals surface area contributed by atoms with E-state index >= 15 is 0 Å². The van der Waals surface area contributed by atoms with Gasteiger partial charge in [0.25, 0.3) is 5.91 Å². The van der Waals surface area contributed by atoms with Gasteiger partial charge in [-0.1, -0.05) is 6.07 Å². The van der Waals surface area contributed by atoms with E-state index in [1.807, 2.05) is 44.2 Å². The first-order valence-corrected chi connectivity index (χ1v) is 7.51. The lowest BCUT2D eigenvalue weighted by Gasteiger charge is -2.08. The first-order chi connectivity index (χ1) is 11.1. The lowest BCUT2D eigenvalue weighted by Crippen LogP contribution is -2.23. The molecule has 0 unspecified atom stereocenters. The van der Waals surface area contributed by atoms with E-state index in [-0.39, 0.29) is 5.91 Å². The Kier molecular flexibility index (Phi) is 4.28. The summed E-state index contributed by atoms with van der Waals surface area (Å²) in [6, 6.07) is 9.51. The summed E-state index contributed by atoms with van der Waals surface area (Å²) in [5, 5.41) is 2.94. The third kappa shape index (κ3) is 3.34. The Morgan fingerprint density at radius 1 is 1.30 bits per heavy atom. The molecule has 0 fully saturated rings. The molecule has 0 aliphatic carbocycles. The van der Waals surface area contributed by atoms with E-state index in [0.29, 0.717) is 18.7 Å². The van der Waals surface area contributed by atoms with E-state index in [9.17, 15) is 4.79 Å². The van der Waals surface area contributed by atoms with Crippen molar-refractivity contribution < 1.29 is 9.21 Å². The van der Waals surface area contributed by atoms with Crippen molar-refractivity contribution in [2.24, 2.45) is 0 Å². The van der Waals surface area contributed by atoms with Crippen molar-refractivity contribution in [1.82, 2.24) is 14.9 Å². The molecule has 5 heteroatoms. The van der Waals surface area contributed by atoms with E-state index in [2.05, 4.69) is 14.9 Å². The lowest BCUT2D eigenvalue weighted by molar-refractivity contribution is 0.0950. The summed E-state index contributed by atoms with van der Waals surface area (Å²) >= 11 is 0. The number of pyridine rings is 1. The van der Waals surface area contributed by atoms with E-state index in [1.54, 1.807) is 18.7 Å². The largest absolute Gasteiger partial charge is 0.467 e. The molecular formula is C18H19N3O2. The molecule has 23 heavy (non-hydrogen) atoms. The predicted molar refractivity (Wildman–Crippen MR) is 87.1 cm³/mol. The average molecular weight is 309 g/mol. The number of aromatic nitrogens is 2. The van der Waals surface area contributed by atoms with Crippen LogP contribution in [0.25, 0.3) is 0 Å². The molecule has 1 N–H and O–H groups in total. The van der Waals surface area contributed by atoms with Crippen LogP contribution < -0.4 is 5.32 Å². The summed E-state index contributed by atoms with van der Waals surface area (Å²) in [6.07, 6.45) is 5.12. The van der Waals surface area contributed by atoms with Gasteiger partial charge < -0.3 is 14.3 Å². The van der Waals surface area contributed by atoms with Gasteiger partial charge in [0, 0.05) is 30.3 Å². The summed E-state index contributed by atoms with van der Waals surface area (Å²) < 4.78 is 7.48. The molecule has 0 radical (unpaired) electrons. The molecule has 0 atom stereocenters. The monoisotopic (exact) mass is 309 g/mol. The third-order valence-electron chi connectivity index (χ3n) is 3.89. The van der Waals surface area contributed by atoms with Crippen LogP contribution in [0, 0.1) is 13.8 Å². The topological polar surface area (TPSA) is 60.1 Å². The maximum absolute atomic E-state index is 12.4. The minimum Gasteiger partial charge on any atom is -0.467 e. The summed E-state index contributed by atoms with van der Waals surface area (Å²) in [6.45, 7) is 5.04. The highest BCUT2D eigenvalue weighted by Crippen LogP contribution is 2.17. The fourth-order valence-corrected chi connectivity index (χ4v) is 2.61. The van der Waals surface area contributed by atoms with Gasteiger partial charge in [-0.15, -0.1) is 0 Å². The Labute approximate surface area is 135 Å². The fraction of sp³-hybridized carbons (Fsp3) is 0.222. The third-order valence-corrected chi connectivity index (χ3v) is 3.89. The van der Waals surface area contributed by atoms with Crippen molar-refractivity contribution in [2.75, 3.05) is 0 Å². The van der Waals surface area contributed by atoms with Gasteiger partial charge in [0.1, 0.15) is 5.76 Å². The number of carbonyl (C=O) groups is 1. The normalized spacial score (nSPS) is 10.7. The number of nitrogens with zero attached hydrogens (tertiary/aromatic N) is 2. The SMILES string of the molecule is Cc1cc(C(=O)NCc2cccnc2)c(C)n1Cc1ccco1. The van der Waals surface area contributed by atoms with Crippen LogP contribution in [0.15, 0.2) is 53.4 Å². The number of furan rings is 1. The number of amides is 1. The quantitative estimate of drug-likeness (QED) is 0.788. The summed E-state index contributed by atoms with van der Waals surface area (Å²) in [5.74, 6) is 0.793. The molecule has 0 spiro atoms. The molecule has 3 aromatic heterocycles. The first kappa shape index (κ1) is 15.1. The molecule has 0 aliphatic heterocycles. The Morgan fingerprint density at radius 2 is 2.17 bits per heavy atom. The number of hydrogen-bond donors (Lipinski definition) is 1. The standard InChI is InChI=1S/C18H19N3O2/c1-13-9-17(14(2)21(13)12-16-6-4-8-23-16)18(22)20-11-15-5-3-7-19-10-15/h3-10H,11-12H2,1-2H3,(H,20,22). The second-order valence-electron chi connectivity index (χ2n) is 5.49. The molecule has 5 nitrogen and oxygen atoms in total. The van der Waals surface area contributed by atoms with Gasteiger partial charge in [-0.25, -0.2) is 0 Å². The zero-order valence-electron chi connectivity index (χ0n) is 13.2. The number of nitrogens with one attached hydrogen (secondary N) is 1. The predicted octanol–water partition coefficient (Wildman–Crippen LogP) is 3.07. The van der Waals surface area contributed by atoms with E-state index in [4.69, 9.17) is 4.42 Å². The van der Waals surface area contributed by atoms with Crippen LogP contribution in [-0.4, -0.2) is 15.5 Å². The van der Waals surface area contributed by atoms with Crippen LogP contribution in [0.3, 0.4) is 0 Å². The van der Waals surface area contributed by atoms with Crippen molar-refractivity contribution in [3.63, 3.8) is 0 Å². The molecule has 3 aromatic rings. The minimum atomic E-state index is -0.0763. The zero-order chi connectivity index (χ0) is 16.2. The maximum Gasteiger partial charge on any atom is 0.253 e. The van der Waals surface area contributed by atoms with E-state index in [0.717, 1.165) is 22.7 Å². The Bertz CT molecular complexity index is 789. The van der Waals surface area contributed by atoms with Crippen LogP contribution in [0.1, 0.15) is 33.1 Å². The number of aryl methyl sites for hydroxylation is 1. The molecular weight excluding hydrogens is 290 g/mol. The van der Waals surface area contributed by atoms with Gasteiger partial charge in [0.2, 0.25) is 0 Å². The molecule has 118 valence electrons. The van der Waals surface area contributed by atoms with Gasteiger partial charge in [-0.3, -0.25) is 9.78 Å².